The Morgan fingerprint density at radius 2 is 2.00 bits per heavy atom. The monoisotopic (exact) mass is 216 g/mol. The average Bonchev–Trinajstić information content (AvgIpc) is 2.25. The highest BCUT2D eigenvalue weighted by Crippen LogP contribution is 2.29. The first-order chi connectivity index (χ1) is 7.14. The largest absolute Gasteiger partial charge is 0.396 e. The van der Waals surface area contributed by atoms with Crippen molar-refractivity contribution in [1.29, 1.82) is 0 Å². The molecule has 0 aromatic rings. The van der Waals surface area contributed by atoms with E-state index in [1.807, 2.05) is 0 Å². The molecule has 0 unspecified atom stereocenters. The van der Waals surface area contributed by atoms with Crippen LogP contribution in [0.25, 0.3) is 0 Å². The molecule has 0 aliphatic carbocycles. The van der Waals surface area contributed by atoms with Crippen LogP contribution in [0.15, 0.2) is 0 Å². The van der Waals surface area contributed by atoms with Crippen LogP contribution in [0.2, 0.25) is 0 Å². The molecule has 1 amide bonds. The summed E-state index contributed by atoms with van der Waals surface area (Å²) in [6, 6.07) is 0. The van der Waals surface area contributed by atoms with Crippen LogP contribution in [0.5, 0.6) is 0 Å². The minimum atomic E-state index is 0.00159. The first kappa shape index (κ1) is 14.4. The van der Waals surface area contributed by atoms with E-state index in [4.69, 9.17) is 10.8 Å². The summed E-state index contributed by atoms with van der Waals surface area (Å²) >= 11 is 0. The molecular weight excluding hydrogens is 192 g/mol. The average molecular weight is 216 g/mol. The lowest BCUT2D eigenvalue weighted by molar-refractivity contribution is -0.121. The summed E-state index contributed by atoms with van der Waals surface area (Å²) in [7, 11) is 0. The molecule has 0 heterocycles. The number of amides is 1. The van der Waals surface area contributed by atoms with Crippen molar-refractivity contribution in [3.63, 3.8) is 0 Å². The van der Waals surface area contributed by atoms with Crippen LogP contribution in [-0.4, -0.2) is 30.7 Å². The van der Waals surface area contributed by atoms with Crippen molar-refractivity contribution in [2.24, 2.45) is 11.1 Å². The number of nitrogens with one attached hydrogen (secondary N) is 1. The highest BCUT2D eigenvalue weighted by Gasteiger charge is 2.25. The number of nitrogens with two attached hydrogens (primary N) is 1. The van der Waals surface area contributed by atoms with Gasteiger partial charge in [-0.15, -0.1) is 0 Å². The van der Waals surface area contributed by atoms with Gasteiger partial charge in [0.05, 0.1) is 0 Å². The molecule has 90 valence electrons. The molecule has 0 fully saturated rings. The zero-order chi connectivity index (χ0) is 11.7. The Balaban J connectivity index is 4.10. The van der Waals surface area contributed by atoms with E-state index in [1.54, 1.807) is 0 Å². The second-order valence-corrected chi connectivity index (χ2v) is 4.00. The van der Waals surface area contributed by atoms with Gasteiger partial charge in [0.1, 0.15) is 0 Å². The number of aliphatic hydroxyl groups excluding tert-OH is 1. The minimum absolute atomic E-state index is 0.00159. The summed E-state index contributed by atoms with van der Waals surface area (Å²) in [4.78, 5) is 11.3. The number of hydrogen-bond donors (Lipinski definition) is 3. The van der Waals surface area contributed by atoms with E-state index < -0.39 is 0 Å². The minimum Gasteiger partial charge on any atom is -0.396 e. The number of rotatable bonds is 8. The van der Waals surface area contributed by atoms with Crippen LogP contribution in [0.1, 0.15) is 39.5 Å². The molecular formula is C11H24N2O2. The highest BCUT2D eigenvalue weighted by molar-refractivity contribution is 5.76. The maximum Gasteiger partial charge on any atom is 0.221 e. The molecule has 0 atom stereocenters. The van der Waals surface area contributed by atoms with E-state index in [0.717, 1.165) is 19.3 Å². The molecule has 0 aliphatic rings. The molecule has 0 spiro atoms. The van der Waals surface area contributed by atoms with E-state index in [9.17, 15) is 4.79 Å². The van der Waals surface area contributed by atoms with Gasteiger partial charge in [-0.2, -0.15) is 0 Å². The van der Waals surface area contributed by atoms with Gasteiger partial charge in [-0.3, -0.25) is 4.79 Å². The van der Waals surface area contributed by atoms with Crippen LogP contribution >= 0.6 is 0 Å². The van der Waals surface area contributed by atoms with Crippen molar-refractivity contribution < 1.29 is 9.90 Å². The van der Waals surface area contributed by atoms with Gasteiger partial charge in [-0.25, -0.2) is 0 Å². The SMILES string of the molecule is CCC(CC)(CCO)CNC(=O)CCN. The van der Waals surface area contributed by atoms with E-state index in [0.29, 0.717) is 19.5 Å². The third-order valence-electron chi connectivity index (χ3n) is 3.17. The first-order valence-corrected chi connectivity index (χ1v) is 5.71. The fraction of sp³-hybridized carbons (Fsp3) is 0.909. The Kier molecular flexibility index (Phi) is 7.34. The van der Waals surface area contributed by atoms with E-state index in [-0.39, 0.29) is 17.9 Å². The molecule has 0 aromatic carbocycles. The molecule has 15 heavy (non-hydrogen) atoms. The summed E-state index contributed by atoms with van der Waals surface area (Å²) in [6.07, 6.45) is 3.05. The number of hydrogen-bond acceptors (Lipinski definition) is 3. The van der Waals surface area contributed by atoms with Crippen LogP contribution in [-0.2, 0) is 4.79 Å². The maximum absolute atomic E-state index is 11.3. The lowest BCUT2D eigenvalue weighted by Crippen LogP contribution is -2.38. The van der Waals surface area contributed by atoms with Crippen LogP contribution in [0.4, 0.5) is 0 Å². The molecule has 0 radical (unpaired) electrons. The lowest BCUT2D eigenvalue weighted by Gasteiger charge is -2.31. The Morgan fingerprint density at radius 1 is 1.40 bits per heavy atom. The molecule has 4 nitrogen and oxygen atoms in total. The van der Waals surface area contributed by atoms with Gasteiger partial charge in [0.2, 0.25) is 5.91 Å². The van der Waals surface area contributed by atoms with Crippen molar-refractivity contribution >= 4 is 5.91 Å². The van der Waals surface area contributed by atoms with Gasteiger partial charge in [-0.05, 0) is 24.7 Å². The zero-order valence-electron chi connectivity index (χ0n) is 9.88. The fourth-order valence-corrected chi connectivity index (χ4v) is 1.68. The Bertz CT molecular complexity index is 179. The van der Waals surface area contributed by atoms with Gasteiger partial charge in [0.25, 0.3) is 0 Å². The van der Waals surface area contributed by atoms with Crippen molar-refractivity contribution in [2.75, 3.05) is 19.7 Å². The maximum atomic E-state index is 11.3. The Morgan fingerprint density at radius 3 is 2.40 bits per heavy atom. The van der Waals surface area contributed by atoms with Gasteiger partial charge >= 0.3 is 0 Å². The number of carbonyl (C=O) groups is 1. The summed E-state index contributed by atoms with van der Waals surface area (Å²) < 4.78 is 0. The van der Waals surface area contributed by atoms with Crippen LogP contribution in [0, 0.1) is 5.41 Å². The molecule has 4 N–H and O–H groups in total. The zero-order valence-corrected chi connectivity index (χ0v) is 9.88. The van der Waals surface area contributed by atoms with Crippen molar-refractivity contribution in [1.82, 2.24) is 5.32 Å². The molecule has 0 saturated heterocycles. The summed E-state index contributed by atoms with van der Waals surface area (Å²) in [6.45, 7) is 5.38. The molecule has 0 aliphatic heterocycles. The van der Waals surface area contributed by atoms with E-state index in [1.165, 1.54) is 0 Å². The fourth-order valence-electron chi connectivity index (χ4n) is 1.68. The normalized spacial score (nSPS) is 11.5. The summed E-state index contributed by atoms with van der Waals surface area (Å²) in [5.41, 5.74) is 5.33. The topological polar surface area (TPSA) is 75.3 Å². The first-order valence-electron chi connectivity index (χ1n) is 5.71. The third-order valence-corrected chi connectivity index (χ3v) is 3.17. The van der Waals surface area contributed by atoms with Crippen LogP contribution < -0.4 is 11.1 Å². The van der Waals surface area contributed by atoms with Crippen molar-refractivity contribution in [3.05, 3.63) is 0 Å². The highest BCUT2D eigenvalue weighted by atomic mass is 16.3. The quantitative estimate of drug-likeness (QED) is 0.557. The predicted molar refractivity (Wildman–Crippen MR) is 61.4 cm³/mol. The van der Waals surface area contributed by atoms with Crippen LogP contribution in [0.3, 0.4) is 0 Å². The number of carbonyl (C=O) groups excluding carboxylic acids is 1. The van der Waals surface area contributed by atoms with Gasteiger partial charge in [-0.1, -0.05) is 13.8 Å². The third kappa shape index (κ3) is 5.14. The van der Waals surface area contributed by atoms with Gasteiger partial charge in [0, 0.05) is 26.1 Å². The standard InChI is InChI=1S/C11H24N2O2/c1-3-11(4-2,6-8-14)9-13-10(15)5-7-12/h14H,3-9,12H2,1-2H3,(H,13,15). The summed E-state index contributed by atoms with van der Waals surface area (Å²) in [5.74, 6) is 0.00159. The smallest absolute Gasteiger partial charge is 0.221 e. The lowest BCUT2D eigenvalue weighted by atomic mass is 9.79. The van der Waals surface area contributed by atoms with E-state index >= 15 is 0 Å². The van der Waals surface area contributed by atoms with Gasteiger partial charge < -0.3 is 16.2 Å². The Hall–Kier alpha value is -0.610. The molecule has 0 aromatic heterocycles. The van der Waals surface area contributed by atoms with E-state index in [2.05, 4.69) is 19.2 Å². The molecule has 0 rings (SSSR count). The second kappa shape index (κ2) is 7.65. The van der Waals surface area contributed by atoms with Crippen molar-refractivity contribution in [3.8, 4) is 0 Å². The molecule has 4 heteroatoms. The molecule has 0 saturated carbocycles. The Labute approximate surface area is 92.2 Å². The summed E-state index contributed by atoms with van der Waals surface area (Å²) in [5, 5.41) is 11.9. The van der Waals surface area contributed by atoms with Crippen molar-refractivity contribution in [2.45, 2.75) is 39.5 Å². The molecule has 0 bridgehead atoms. The second-order valence-electron chi connectivity index (χ2n) is 4.00. The van der Waals surface area contributed by atoms with Gasteiger partial charge in [0.15, 0.2) is 0 Å². The number of aliphatic hydroxyl groups is 1. The predicted octanol–water partition coefficient (Wildman–Crippen LogP) is 0.640.